The van der Waals surface area contributed by atoms with Gasteiger partial charge in [-0.2, -0.15) is 0 Å². The summed E-state index contributed by atoms with van der Waals surface area (Å²) in [6.45, 7) is 0. The van der Waals surface area contributed by atoms with Crippen LogP contribution in [0, 0.1) is 12.0 Å². The van der Waals surface area contributed by atoms with Gasteiger partial charge in [-0.15, -0.1) is 0 Å². The van der Waals surface area contributed by atoms with Crippen molar-refractivity contribution in [2.75, 3.05) is 7.11 Å². The number of allylic oxidation sites excluding steroid dienone is 1. The number of hydrogen-bond donors (Lipinski definition) is 3. The summed E-state index contributed by atoms with van der Waals surface area (Å²) in [6.07, 6.45) is 0. The summed E-state index contributed by atoms with van der Waals surface area (Å²) in [5.74, 6) is 2.30. The van der Waals surface area contributed by atoms with E-state index in [0.29, 0.717) is 10.3 Å². The number of halogens is 1. The Morgan fingerprint density at radius 2 is 2.42 bits per heavy atom. The molecule has 1 aliphatic heterocycles. The number of methoxy groups -OCH3 is 1. The molecule has 0 radical (unpaired) electrons. The Morgan fingerprint density at radius 3 is 3.00 bits per heavy atom. The molecule has 4 nitrogen and oxygen atoms in total. The van der Waals surface area contributed by atoms with E-state index in [2.05, 4.69) is 37.9 Å². The molecule has 0 bridgehead atoms. The second kappa shape index (κ2) is 3.41. The van der Waals surface area contributed by atoms with E-state index in [4.69, 9.17) is 10.8 Å². The average molecular weight is 231 g/mol. The van der Waals surface area contributed by atoms with Gasteiger partial charge in [-0.3, -0.25) is 0 Å². The number of hydrogen-bond acceptors (Lipinski definition) is 4. The zero-order valence-electron chi connectivity index (χ0n) is 6.31. The minimum absolute atomic E-state index is 0.279. The van der Waals surface area contributed by atoms with Gasteiger partial charge in [0.05, 0.1) is 12.8 Å². The number of aliphatic hydroxyl groups excluding tert-OH is 1. The van der Waals surface area contributed by atoms with Crippen LogP contribution in [0.1, 0.15) is 0 Å². The zero-order chi connectivity index (χ0) is 9.14. The maximum atomic E-state index is 9.16. The first-order valence-electron chi connectivity index (χ1n) is 3.06. The van der Waals surface area contributed by atoms with Gasteiger partial charge in [0.1, 0.15) is 10.2 Å². The van der Waals surface area contributed by atoms with Crippen LogP contribution in [0.25, 0.3) is 0 Å². The van der Waals surface area contributed by atoms with Gasteiger partial charge in [0, 0.05) is 6.04 Å². The number of nitrogens with one attached hydrogen (secondary N) is 1. The van der Waals surface area contributed by atoms with E-state index >= 15 is 0 Å². The Kier molecular flexibility index (Phi) is 2.51. The van der Waals surface area contributed by atoms with Crippen LogP contribution in [0.15, 0.2) is 21.8 Å². The van der Waals surface area contributed by atoms with E-state index in [1.54, 1.807) is 0 Å². The highest BCUT2D eigenvalue weighted by Gasteiger charge is 2.13. The van der Waals surface area contributed by atoms with E-state index < -0.39 is 0 Å². The second-order valence-electron chi connectivity index (χ2n) is 1.99. The molecule has 12 heavy (non-hydrogen) atoms. The predicted octanol–water partition coefficient (Wildman–Crippen LogP) is 0.489. The van der Waals surface area contributed by atoms with Gasteiger partial charge in [-0.25, -0.2) is 0 Å². The van der Waals surface area contributed by atoms with Crippen LogP contribution in [0.4, 0.5) is 0 Å². The summed E-state index contributed by atoms with van der Waals surface area (Å²) in [4.78, 5) is 0. The summed E-state index contributed by atoms with van der Waals surface area (Å²) in [5, 5.41) is 11.8. The molecule has 0 fully saturated rings. The molecule has 0 atom stereocenters. The Morgan fingerprint density at radius 1 is 1.75 bits per heavy atom. The Hall–Kier alpha value is -1.28. The molecule has 4 N–H and O–H groups in total. The van der Waals surface area contributed by atoms with Crippen molar-refractivity contribution >= 4 is 15.9 Å². The molecule has 1 rings (SSSR count). The van der Waals surface area contributed by atoms with Gasteiger partial charge in [-0.1, -0.05) is 0 Å². The van der Waals surface area contributed by atoms with Gasteiger partial charge in [0.15, 0.2) is 0 Å². The lowest BCUT2D eigenvalue weighted by molar-refractivity contribution is 0.133. The largest absolute Gasteiger partial charge is 0.480 e. The Labute approximate surface area is 78.2 Å². The molecule has 64 valence electrons. The molecule has 0 aliphatic carbocycles. The third-order valence-corrected chi connectivity index (χ3v) is 1.90. The highest BCUT2D eigenvalue weighted by molar-refractivity contribution is 9.11. The van der Waals surface area contributed by atoms with Crippen LogP contribution < -0.4 is 11.1 Å². The summed E-state index contributed by atoms with van der Waals surface area (Å²) >= 11 is 3.13. The van der Waals surface area contributed by atoms with Crippen LogP contribution >= 0.6 is 15.9 Å². The van der Waals surface area contributed by atoms with Crippen molar-refractivity contribution < 1.29 is 9.84 Å². The molecule has 1 heterocycles. The third kappa shape index (κ3) is 1.48. The van der Waals surface area contributed by atoms with Gasteiger partial charge < -0.3 is 20.9 Å². The zero-order valence-corrected chi connectivity index (χ0v) is 7.90. The lowest BCUT2D eigenvalue weighted by Gasteiger charge is -2.09. The SMILES string of the molecule is COC(O)=C1C#CNC(Br)=C1N. The molecular weight excluding hydrogens is 224 g/mol. The Bertz CT molecular complexity index is 322. The fourth-order valence-electron chi connectivity index (χ4n) is 0.664. The number of rotatable bonds is 1. The molecule has 0 aromatic carbocycles. The van der Waals surface area contributed by atoms with Crippen LogP contribution in [-0.2, 0) is 4.74 Å². The highest BCUT2D eigenvalue weighted by atomic mass is 79.9. The van der Waals surface area contributed by atoms with Gasteiger partial charge in [-0.05, 0) is 21.9 Å². The minimum Gasteiger partial charge on any atom is -0.480 e. The third-order valence-electron chi connectivity index (χ3n) is 1.27. The normalized spacial score (nSPS) is 19.2. The summed E-state index contributed by atoms with van der Waals surface area (Å²) in [7, 11) is 1.34. The lowest BCUT2D eigenvalue weighted by Crippen LogP contribution is -2.16. The fraction of sp³-hybridized carbons (Fsp3) is 0.143. The Balaban J connectivity index is 3.12. The summed E-state index contributed by atoms with van der Waals surface area (Å²) < 4.78 is 5.11. The first-order valence-corrected chi connectivity index (χ1v) is 3.86. The summed E-state index contributed by atoms with van der Waals surface area (Å²) in [6, 6.07) is 2.55. The van der Waals surface area contributed by atoms with Crippen molar-refractivity contribution in [1.82, 2.24) is 5.32 Å². The van der Waals surface area contributed by atoms with Crippen molar-refractivity contribution in [1.29, 1.82) is 0 Å². The minimum atomic E-state index is -0.279. The molecule has 0 amide bonds. The first-order chi connectivity index (χ1) is 5.66. The summed E-state index contributed by atoms with van der Waals surface area (Å²) in [5.41, 5.74) is 6.18. The molecular formula is C7H7BrN2O2. The monoisotopic (exact) mass is 230 g/mol. The molecule has 1 aliphatic rings. The topological polar surface area (TPSA) is 67.5 Å². The molecule has 0 saturated heterocycles. The predicted molar refractivity (Wildman–Crippen MR) is 47.7 cm³/mol. The van der Waals surface area contributed by atoms with Gasteiger partial charge >= 0.3 is 0 Å². The van der Waals surface area contributed by atoms with Gasteiger partial charge in [0.2, 0.25) is 0 Å². The maximum absolute atomic E-state index is 9.16. The van der Waals surface area contributed by atoms with Crippen molar-refractivity contribution in [3.8, 4) is 12.0 Å². The highest BCUT2D eigenvalue weighted by Crippen LogP contribution is 2.17. The van der Waals surface area contributed by atoms with Crippen molar-refractivity contribution in [2.24, 2.45) is 5.73 Å². The molecule has 0 aromatic heterocycles. The van der Waals surface area contributed by atoms with Crippen LogP contribution in [0.5, 0.6) is 0 Å². The lowest BCUT2D eigenvalue weighted by atomic mass is 10.2. The van der Waals surface area contributed by atoms with E-state index in [-0.39, 0.29) is 11.5 Å². The van der Waals surface area contributed by atoms with Crippen LogP contribution in [0.2, 0.25) is 0 Å². The first kappa shape index (κ1) is 8.81. The van der Waals surface area contributed by atoms with Crippen LogP contribution in [0.3, 0.4) is 0 Å². The van der Waals surface area contributed by atoms with Crippen molar-refractivity contribution in [3.05, 3.63) is 21.8 Å². The quantitative estimate of drug-likeness (QED) is 0.349. The number of ether oxygens (including phenoxy) is 1. The standard InChI is InChI=1S/C7H7BrN2O2/c1-12-7(11)4-2-3-10-6(8)5(4)9/h10-11H,9H2,1H3. The van der Waals surface area contributed by atoms with E-state index in [9.17, 15) is 0 Å². The molecule has 0 aromatic rings. The maximum Gasteiger partial charge on any atom is 0.295 e. The molecule has 0 spiro atoms. The van der Waals surface area contributed by atoms with Crippen molar-refractivity contribution in [2.45, 2.75) is 0 Å². The average Bonchev–Trinajstić information content (AvgIpc) is 2.08. The number of aliphatic hydroxyl groups is 1. The van der Waals surface area contributed by atoms with E-state index in [1.165, 1.54) is 7.11 Å². The molecule has 5 heteroatoms. The van der Waals surface area contributed by atoms with Crippen molar-refractivity contribution in [3.63, 3.8) is 0 Å². The van der Waals surface area contributed by atoms with E-state index in [1.807, 2.05) is 0 Å². The van der Waals surface area contributed by atoms with Gasteiger partial charge in [0.25, 0.3) is 5.95 Å². The van der Waals surface area contributed by atoms with E-state index in [0.717, 1.165) is 0 Å². The smallest absolute Gasteiger partial charge is 0.295 e. The molecule has 0 saturated carbocycles. The molecule has 0 unspecified atom stereocenters. The second-order valence-corrected chi connectivity index (χ2v) is 2.78. The number of nitrogens with two attached hydrogens (primary N) is 1. The van der Waals surface area contributed by atoms with Crippen LogP contribution in [-0.4, -0.2) is 12.2 Å². The fourth-order valence-corrected chi connectivity index (χ4v) is 0.961.